The number of aryl methyl sites for hydroxylation is 1. The Labute approximate surface area is 70.6 Å². The van der Waals surface area contributed by atoms with Crippen LogP contribution in [0.3, 0.4) is 0 Å². The number of methoxy groups -OCH3 is 1. The predicted octanol–water partition coefficient (Wildman–Crippen LogP) is 1.65. The molecule has 0 aromatic carbocycles. The maximum Gasteiger partial charge on any atom is 0.137 e. The van der Waals surface area contributed by atoms with Gasteiger partial charge in [0.1, 0.15) is 5.75 Å². The largest absolute Gasteiger partial charge is 0.495 e. The average Bonchev–Trinajstić information content (AvgIpc) is 2.52. The van der Waals surface area contributed by atoms with Gasteiger partial charge in [0.2, 0.25) is 0 Å². The van der Waals surface area contributed by atoms with Crippen LogP contribution in [0.15, 0.2) is 24.5 Å². The molecule has 0 aliphatic rings. The van der Waals surface area contributed by atoms with Crippen molar-refractivity contribution in [2.24, 2.45) is 0 Å². The summed E-state index contributed by atoms with van der Waals surface area (Å²) in [7, 11) is 1.66. The van der Waals surface area contributed by atoms with Crippen LogP contribution in [0.1, 0.15) is 5.56 Å². The zero-order valence-corrected chi connectivity index (χ0v) is 7.11. The Kier molecular flexibility index (Phi) is 1.50. The molecule has 0 aliphatic carbocycles. The number of aromatic nitrogens is 2. The summed E-state index contributed by atoms with van der Waals surface area (Å²) in [6.07, 6.45) is 3.64. The van der Waals surface area contributed by atoms with E-state index in [2.05, 4.69) is 5.10 Å². The fourth-order valence-corrected chi connectivity index (χ4v) is 1.29. The maximum absolute atomic E-state index is 5.11. The summed E-state index contributed by atoms with van der Waals surface area (Å²) in [6, 6.07) is 3.98. The molecule has 0 aliphatic heterocycles. The Hall–Kier alpha value is -1.51. The molecule has 2 aromatic heterocycles. The van der Waals surface area contributed by atoms with Crippen LogP contribution in [0.4, 0.5) is 0 Å². The van der Waals surface area contributed by atoms with Gasteiger partial charge in [-0.3, -0.25) is 0 Å². The minimum atomic E-state index is 0.837. The van der Waals surface area contributed by atoms with Crippen molar-refractivity contribution in [3.8, 4) is 5.75 Å². The summed E-state index contributed by atoms with van der Waals surface area (Å²) < 4.78 is 6.93. The van der Waals surface area contributed by atoms with Crippen LogP contribution < -0.4 is 4.74 Å². The van der Waals surface area contributed by atoms with Crippen molar-refractivity contribution in [1.29, 1.82) is 0 Å². The molecular weight excluding hydrogens is 152 g/mol. The van der Waals surface area contributed by atoms with Crippen LogP contribution in [0.5, 0.6) is 5.75 Å². The second-order valence-electron chi connectivity index (χ2n) is 2.72. The smallest absolute Gasteiger partial charge is 0.137 e. The molecule has 12 heavy (non-hydrogen) atoms. The van der Waals surface area contributed by atoms with Crippen LogP contribution in [-0.4, -0.2) is 16.7 Å². The molecule has 0 spiro atoms. The highest BCUT2D eigenvalue weighted by Crippen LogP contribution is 2.16. The van der Waals surface area contributed by atoms with Crippen molar-refractivity contribution in [2.45, 2.75) is 6.92 Å². The Balaban J connectivity index is 2.75. The molecule has 3 heteroatoms. The van der Waals surface area contributed by atoms with E-state index in [-0.39, 0.29) is 0 Å². The van der Waals surface area contributed by atoms with E-state index in [9.17, 15) is 0 Å². The van der Waals surface area contributed by atoms with Crippen molar-refractivity contribution in [2.75, 3.05) is 7.11 Å². The highest BCUT2D eigenvalue weighted by Gasteiger charge is 1.99. The van der Waals surface area contributed by atoms with Crippen molar-refractivity contribution in [1.82, 2.24) is 9.61 Å². The molecular formula is C9H10N2O. The van der Waals surface area contributed by atoms with Gasteiger partial charge in [-0.15, -0.1) is 0 Å². The lowest BCUT2D eigenvalue weighted by Gasteiger charge is -2.02. The maximum atomic E-state index is 5.11. The molecule has 2 aromatic rings. The lowest BCUT2D eigenvalue weighted by atomic mass is 10.2. The molecule has 0 amide bonds. The van der Waals surface area contributed by atoms with Crippen molar-refractivity contribution >= 4 is 5.52 Å². The van der Waals surface area contributed by atoms with E-state index in [0.29, 0.717) is 0 Å². The van der Waals surface area contributed by atoms with Crippen LogP contribution in [-0.2, 0) is 0 Å². The summed E-state index contributed by atoms with van der Waals surface area (Å²) in [5, 5.41) is 4.12. The summed E-state index contributed by atoms with van der Waals surface area (Å²) in [5.41, 5.74) is 2.29. The molecule has 0 N–H and O–H groups in total. The van der Waals surface area contributed by atoms with Gasteiger partial charge >= 0.3 is 0 Å². The van der Waals surface area contributed by atoms with E-state index in [0.717, 1.165) is 11.3 Å². The number of fused-ring (bicyclic) bond motifs is 1. The number of hydrogen-bond acceptors (Lipinski definition) is 2. The van der Waals surface area contributed by atoms with E-state index in [1.54, 1.807) is 13.3 Å². The number of rotatable bonds is 1. The van der Waals surface area contributed by atoms with E-state index in [1.165, 1.54) is 5.56 Å². The monoisotopic (exact) mass is 162 g/mol. The molecule has 0 saturated heterocycles. The summed E-state index contributed by atoms with van der Waals surface area (Å²) >= 11 is 0. The van der Waals surface area contributed by atoms with Crippen LogP contribution in [0.2, 0.25) is 0 Å². The zero-order valence-electron chi connectivity index (χ0n) is 7.11. The molecule has 0 fully saturated rings. The van der Waals surface area contributed by atoms with Gasteiger partial charge in [-0.2, -0.15) is 5.10 Å². The van der Waals surface area contributed by atoms with E-state index in [4.69, 9.17) is 4.74 Å². The molecule has 62 valence electrons. The van der Waals surface area contributed by atoms with Gasteiger partial charge in [-0.1, -0.05) is 0 Å². The van der Waals surface area contributed by atoms with E-state index < -0.39 is 0 Å². The Morgan fingerprint density at radius 2 is 2.33 bits per heavy atom. The summed E-state index contributed by atoms with van der Waals surface area (Å²) in [6.45, 7) is 2.04. The van der Waals surface area contributed by atoms with Gasteiger partial charge in [-0.25, -0.2) is 4.52 Å². The number of ether oxygens (including phenoxy) is 1. The van der Waals surface area contributed by atoms with Crippen LogP contribution in [0, 0.1) is 6.92 Å². The number of hydrogen-bond donors (Lipinski definition) is 0. The predicted molar refractivity (Wildman–Crippen MR) is 46.5 cm³/mol. The SMILES string of the molecule is COc1cc(C)c2ccnn2c1. The second kappa shape index (κ2) is 2.52. The quantitative estimate of drug-likeness (QED) is 0.637. The molecule has 2 rings (SSSR count). The molecule has 0 bridgehead atoms. The van der Waals surface area contributed by atoms with Gasteiger partial charge in [0.25, 0.3) is 0 Å². The lowest BCUT2D eigenvalue weighted by Crippen LogP contribution is -1.92. The standard InChI is InChI=1S/C9H10N2O/c1-7-5-8(12-2)6-11-9(7)3-4-10-11/h3-6H,1-2H3. The third-order valence-electron chi connectivity index (χ3n) is 1.92. The third kappa shape index (κ3) is 0.942. The van der Waals surface area contributed by atoms with Gasteiger partial charge in [0, 0.05) is 6.20 Å². The van der Waals surface area contributed by atoms with Crippen molar-refractivity contribution in [3.05, 3.63) is 30.1 Å². The van der Waals surface area contributed by atoms with E-state index >= 15 is 0 Å². The van der Waals surface area contributed by atoms with Crippen molar-refractivity contribution in [3.63, 3.8) is 0 Å². The van der Waals surface area contributed by atoms with Gasteiger partial charge in [0.15, 0.2) is 0 Å². The highest BCUT2D eigenvalue weighted by atomic mass is 16.5. The number of pyridine rings is 1. The fourth-order valence-electron chi connectivity index (χ4n) is 1.29. The molecule has 0 atom stereocenters. The van der Waals surface area contributed by atoms with Gasteiger partial charge in [-0.05, 0) is 24.6 Å². The Bertz CT molecular complexity index is 406. The Morgan fingerprint density at radius 1 is 1.50 bits per heavy atom. The van der Waals surface area contributed by atoms with Gasteiger partial charge < -0.3 is 4.74 Å². The topological polar surface area (TPSA) is 26.5 Å². The first-order valence-corrected chi connectivity index (χ1v) is 3.79. The molecule has 2 heterocycles. The van der Waals surface area contributed by atoms with Gasteiger partial charge in [0.05, 0.1) is 18.8 Å². The normalized spacial score (nSPS) is 10.5. The molecule has 0 saturated carbocycles. The summed E-state index contributed by atoms with van der Waals surface area (Å²) in [4.78, 5) is 0. The first-order chi connectivity index (χ1) is 5.81. The molecule has 0 radical (unpaired) electrons. The third-order valence-corrected chi connectivity index (χ3v) is 1.92. The average molecular weight is 162 g/mol. The Morgan fingerprint density at radius 3 is 3.08 bits per heavy atom. The first-order valence-electron chi connectivity index (χ1n) is 3.79. The first kappa shape index (κ1) is 7.16. The fraction of sp³-hybridized carbons (Fsp3) is 0.222. The second-order valence-corrected chi connectivity index (χ2v) is 2.72. The summed E-state index contributed by atoms with van der Waals surface area (Å²) in [5.74, 6) is 0.837. The number of nitrogens with zero attached hydrogens (tertiary/aromatic N) is 2. The minimum absolute atomic E-state index is 0.837. The lowest BCUT2D eigenvalue weighted by molar-refractivity contribution is 0.411. The molecule has 0 unspecified atom stereocenters. The van der Waals surface area contributed by atoms with Crippen molar-refractivity contribution < 1.29 is 4.74 Å². The highest BCUT2D eigenvalue weighted by molar-refractivity contribution is 5.54. The van der Waals surface area contributed by atoms with Crippen LogP contribution >= 0.6 is 0 Å². The molecule has 3 nitrogen and oxygen atoms in total. The minimum Gasteiger partial charge on any atom is -0.495 e. The van der Waals surface area contributed by atoms with Crippen LogP contribution in [0.25, 0.3) is 5.52 Å². The van der Waals surface area contributed by atoms with E-state index in [1.807, 2.05) is 29.8 Å². The zero-order chi connectivity index (χ0) is 8.55.